The van der Waals surface area contributed by atoms with E-state index in [4.69, 9.17) is 0 Å². The van der Waals surface area contributed by atoms with Gasteiger partial charge in [0, 0.05) is 6.42 Å². The summed E-state index contributed by atoms with van der Waals surface area (Å²) in [6.07, 6.45) is 103. The van der Waals surface area contributed by atoms with E-state index in [1.165, 1.54) is 238 Å². The van der Waals surface area contributed by atoms with E-state index >= 15 is 0 Å². The van der Waals surface area contributed by atoms with E-state index in [2.05, 4.69) is 116 Å². The first-order valence-corrected chi connectivity index (χ1v) is 34.1. The molecule has 0 aliphatic heterocycles. The fraction of sp³-hybridized carbons (Fsp3) is 0.743. The van der Waals surface area contributed by atoms with E-state index in [1.807, 2.05) is 6.08 Å². The van der Waals surface area contributed by atoms with Gasteiger partial charge in [0.25, 0.3) is 0 Å². The molecule has 78 heavy (non-hydrogen) atoms. The Morgan fingerprint density at radius 3 is 0.897 bits per heavy atom. The molecule has 1 amide bonds. The van der Waals surface area contributed by atoms with Crippen molar-refractivity contribution >= 4 is 5.91 Å². The molecule has 0 bridgehead atoms. The van der Waals surface area contributed by atoms with Gasteiger partial charge in [0.2, 0.25) is 5.91 Å². The minimum absolute atomic E-state index is 0.0753. The minimum atomic E-state index is -0.871. The fourth-order valence-corrected chi connectivity index (χ4v) is 10.1. The number of nitrogens with one attached hydrogen (secondary N) is 1. The topological polar surface area (TPSA) is 69.6 Å². The maximum atomic E-state index is 12.5. The Morgan fingerprint density at radius 2 is 0.577 bits per heavy atom. The van der Waals surface area contributed by atoms with E-state index in [0.717, 1.165) is 77.0 Å². The quantitative estimate of drug-likeness (QED) is 0.0420. The zero-order valence-electron chi connectivity index (χ0n) is 51.9. The third-order valence-electron chi connectivity index (χ3n) is 15.2. The molecule has 0 rings (SSSR count). The lowest BCUT2D eigenvalue weighted by Crippen LogP contribution is -2.45. The van der Waals surface area contributed by atoms with Gasteiger partial charge in [-0.25, -0.2) is 0 Å². The van der Waals surface area contributed by atoms with Gasteiger partial charge in [0.1, 0.15) is 0 Å². The Hall–Kier alpha value is -2.95. The molecule has 2 unspecified atom stereocenters. The highest BCUT2D eigenvalue weighted by Gasteiger charge is 2.18. The third-order valence-corrected chi connectivity index (χ3v) is 15.2. The van der Waals surface area contributed by atoms with Crippen LogP contribution in [0.5, 0.6) is 0 Å². The van der Waals surface area contributed by atoms with Gasteiger partial charge in [0.15, 0.2) is 0 Å². The van der Waals surface area contributed by atoms with E-state index in [-0.39, 0.29) is 12.5 Å². The van der Waals surface area contributed by atoms with Crippen LogP contribution in [0.3, 0.4) is 0 Å². The molecule has 4 nitrogen and oxygen atoms in total. The molecule has 3 N–H and O–H groups in total. The summed E-state index contributed by atoms with van der Waals surface area (Å²) in [6, 6.07) is -0.648. The van der Waals surface area contributed by atoms with Crippen LogP contribution in [0.1, 0.15) is 335 Å². The van der Waals surface area contributed by atoms with Crippen LogP contribution in [0.2, 0.25) is 0 Å². The molecule has 0 aromatic carbocycles. The minimum Gasteiger partial charge on any atom is -0.394 e. The van der Waals surface area contributed by atoms with Gasteiger partial charge in [0.05, 0.1) is 18.8 Å². The van der Waals surface area contributed by atoms with Gasteiger partial charge in [-0.15, -0.1) is 0 Å². The monoisotopic (exact) mass is 1080 g/mol. The Kier molecular flexibility index (Phi) is 65.7. The number of allylic oxidation sites excluding steroid dienone is 17. The molecule has 0 radical (unpaired) electrons. The zero-order valence-corrected chi connectivity index (χ0v) is 51.9. The van der Waals surface area contributed by atoms with Crippen LogP contribution in [0.4, 0.5) is 0 Å². The van der Waals surface area contributed by atoms with Crippen LogP contribution in [-0.4, -0.2) is 34.9 Å². The summed E-state index contributed by atoms with van der Waals surface area (Å²) < 4.78 is 0. The molecular formula is C74H131NO3. The van der Waals surface area contributed by atoms with Crippen molar-refractivity contribution in [1.82, 2.24) is 5.32 Å². The number of unbranched alkanes of at least 4 members (excludes halogenated alkanes) is 39. The van der Waals surface area contributed by atoms with Crippen LogP contribution in [0, 0.1) is 0 Å². The number of carbonyl (C=O) groups is 1. The normalized spacial score (nSPS) is 13.4. The highest BCUT2D eigenvalue weighted by atomic mass is 16.3. The second-order valence-corrected chi connectivity index (χ2v) is 22.9. The molecule has 0 saturated carbocycles. The molecule has 0 spiro atoms. The van der Waals surface area contributed by atoms with Crippen LogP contribution < -0.4 is 5.32 Å². The SMILES string of the molecule is CC/C=C\C/C=C\C/C=C\C/C=C\C/C=C\C/C=C\C/C=C\CCCCCCCCCCCCCCCC(=O)NC(CO)C(O)/C=C/CC/C=C/CCCCCCCCCCCCCCCCCCCCCCCCCCC. The Labute approximate surface area is 486 Å². The first kappa shape index (κ1) is 75.0. The van der Waals surface area contributed by atoms with Crippen LogP contribution in [-0.2, 0) is 4.79 Å². The Bertz CT molecular complexity index is 1460. The number of aliphatic hydroxyl groups is 2. The second-order valence-electron chi connectivity index (χ2n) is 22.9. The van der Waals surface area contributed by atoms with Gasteiger partial charge < -0.3 is 15.5 Å². The lowest BCUT2D eigenvalue weighted by atomic mass is 10.0. The predicted octanol–water partition coefficient (Wildman–Crippen LogP) is 23.4. The summed E-state index contributed by atoms with van der Waals surface area (Å²) in [5, 5.41) is 23.3. The lowest BCUT2D eigenvalue weighted by molar-refractivity contribution is -0.123. The van der Waals surface area contributed by atoms with E-state index in [1.54, 1.807) is 6.08 Å². The molecule has 4 heteroatoms. The molecular weight excluding hydrogens is 951 g/mol. The van der Waals surface area contributed by atoms with Crippen molar-refractivity contribution in [2.24, 2.45) is 0 Å². The van der Waals surface area contributed by atoms with Gasteiger partial charge in [-0.05, 0) is 89.9 Å². The van der Waals surface area contributed by atoms with Crippen molar-refractivity contribution in [3.05, 3.63) is 109 Å². The molecule has 2 atom stereocenters. The van der Waals surface area contributed by atoms with Crippen molar-refractivity contribution < 1.29 is 15.0 Å². The summed E-state index contributed by atoms with van der Waals surface area (Å²) in [7, 11) is 0. The predicted molar refractivity (Wildman–Crippen MR) is 349 cm³/mol. The number of aliphatic hydroxyl groups excluding tert-OH is 2. The Morgan fingerprint density at radius 1 is 0.321 bits per heavy atom. The molecule has 0 aromatic heterocycles. The maximum Gasteiger partial charge on any atom is 0.220 e. The van der Waals surface area contributed by atoms with Crippen molar-refractivity contribution in [2.45, 2.75) is 347 Å². The van der Waals surface area contributed by atoms with Crippen molar-refractivity contribution in [3.63, 3.8) is 0 Å². The van der Waals surface area contributed by atoms with Crippen molar-refractivity contribution in [3.8, 4) is 0 Å². The van der Waals surface area contributed by atoms with Crippen LogP contribution in [0.25, 0.3) is 0 Å². The largest absolute Gasteiger partial charge is 0.394 e. The summed E-state index contributed by atoms with van der Waals surface area (Å²) in [4.78, 5) is 12.5. The third kappa shape index (κ3) is 63.9. The zero-order chi connectivity index (χ0) is 56.2. The number of hydrogen-bond donors (Lipinski definition) is 3. The molecule has 0 fully saturated rings. The van der Waals surface area contributed by atoms with E-state index < -0.39 is 12.1 Å². The molecule has 450 valence electrons. The second kappa shape index (κ2) is 68.3. The Balaban J connectivity index is 3.53. The molecule has 0 aliphatic carbocycles. The van der Waals surface area contributed by atoms with E-state index in [0.29, 0.717) is 6.42 Å². The van der Waals surface area contributed by atoms with Crippen molar-refractivity contribution in [2.75, 3.05) is 6.61 Å². The van der Waals surface area contributed by atoms with Gasteiger partial charge in [-0.3, -0.25) is 4.79 Å². The number of rotatable bonds is 62. The smallest absolute Gasteiger partial charge is 0.220 e. The first-order chi connectivity index (χ1) is 38.7. The summed E-state index contributed by atoms with van der Waals surface area (Å²) in [5.41, 5.74) is 0. The lowest BCUT2D eigenvalue weighted by Gasteiger charge is -2.19. The fourth-order valence-electron chi connectivity index (χ4n) is 10.1. The highest BCUT2D eigenvalue weighted by Crippen LogP contribution is 2.18. The van der Waals surface area contributed by atoms with Gasteiger partial charge in [-0.2, -0.15) is 0 Å². The van der Waals surface area contributed by atoms with Crippen LogP contribution >= 0.6 is 0 Å². The summed E-state index contributed by atoms with van der Waals surface area (Å²) in [5.74, 6) is -0.0753. The van der Waals surface area contributed by atoms with Crippen LogP contribution in [0.15, 0.2) is 109 Å². The number of hydrogen-bond acceptors (Lipinski definition) is 3. The molecule has 0 heterocycles. The number of carbonyl (C=O) groups excluding carboxylic acids is 1. The van der Waals surface area contributed by atoms with Crippen molar-refractivity contribution in [1.29, 1.82) is 0 Å². The average molecular weight is 1080 g/mol. The standard InChI is InChI=1S/C74H131NO3/c1-3-5-7-9-11-13-15-17-19-21-23-25-27-29-31-33-35-36-37-38-40-42-44-46-48-50-52-54-56-58-60-62-64-66-68-70-74(78)75-72(71-76)73(77)69-67-65-63-61-59-57-55-53-51-49-47-45-43-41-39-34-32-30-28-26-24-22-20-18-16-14-12-10-8-6-4-2/h5,7,11,13,17,19,23,25,29,31,35-36,38,40,59,61,67,69,72-73,76-77H,3-4,6,8-10,12,14-16,18,20-22,24,26-28,30,32-34,37,39,41-58,60,62-66,68,70-71H2,1-2H3,(H,75,78)/b7-5-,13-11-,19-17-,25-23-,31-29-,36-35-,40-38-,61-59+,69-67+. The molecule has 0 saturated heterocycles. The summed E-state index contributed by atoms with van der Waals surface area (Å²) in [6.45, 7) is 4.21. The maximum absolute atomic E-state index is 12.5. The van der Waals surface area contributed by atoms with Gasteiger partial charge in [-0.1, -0.05) is 348 Å². The van der Waals surface area contributed by atoms with Gasteiger partial charge >= 0.3 is 0 Å². The average Bonchev–Trinajstić information content (AvgIpc) is 3.44. The molecule has 0 aromatic rings. The molecule has 0 aliphatic rings. The number of amides is 1. The summed E-state index contributed by atoms with van der Waals surface area (Å²) >= 11 is 0. The first-order valence-electron chi connectivity index (χ1n) is 34.1. The van der Waals surface area contributed by atoms with E-state index in [9.17, 15) is 15.0 Å². The highest BCUT2D eigenvalue weighted by molar-refractivity contribution is 5.76.